The van der Waals surface area contributed by atoms with Gasteiger partial charge in [0.05, 0.1) is 6.20 Å². The Balaban J connectivity index is 1.61. The minimum Gasteiger partial charge on any atom is -0.366 e. The van der Waals surface area contributed by atoms with Gasteiger partial charge >= 0.3 is 0 Å². The number of aryl methyl sites for hydroxylation is 1. The van der Waals surface area contributed by atoms with Crippen LogP contribution in [-0.2, 0) is 6.54 Å². The molecule has 1 aliphatic heterocycles. The van der Waals surface area contributed by atoms with Crippen molar-refractivity contribution < 1.29 is 4.39 Å². The zero-order chi connectivity index (χ0) is 15.4. The highest BCUT2D eigenvalue weighted by atomic mass is 19.1. The molecular weight excluding hydrogens is 281 g/mol. The fraction of sp³-hybridized carbons (Fsp3) is 0.438. The number of nitrogens with one attached hydrogen (secondary N) is 1. The molecule has 1 saturated heterocycles. The maximum Gasteiger partial charge on any atom is 0.145 e. The maximum atomic E-state index is 13.7. The van der Waals surface area contributed by atoms with Crippen molar-refractivity contribution in [1.82, 2.24) is 19.9 Å². The summed E-state index contributed by atoms with van der Waals surface area (Å²) in [7, 11) is 0. The number of anilines is 1. The summed E-state index contributed by atoms with van der Waals surface area (Å²) in [6.07, 6.45) is 6.68. The molecule has 1 fully saturated rings. The Morgan fingerprint density at radius 3 is 3.14 bits per heavy atom. The summed E-state index contributed by atoms with van der Waals surface area (Å²) in [4.78, 5) is 14.4. The minimum absolute atomic E-state index is 0.232. The van der Waals surface area contributed by atoms with Crippen molar-refractivity contribution in [2.75, 3.05) is 18.4 Å². The molecule has 6 heteroatoms. The third-order valence-corrected chi connectivity index (χ3v) is 3.91. The summed E-state index contributed by atoms with van der Waals surface area (Å²) in [5.74, 6) is 0.624. The Bertz CT molecular complexity index is 633. The first-order valence-corrected chi connectivity index (χ1v) is 7.56. The van der Waals surface area contributed by atoms with Crippen LogP contribution in [0.4, 0.5) is 10.2 Å². The van der Waals surface area contributed by atoms with Crippen molar-refractivity contribution >= 4 is 5.82 Å². The summed E-state index contributed by atoms with van der Waals surface area (Å²) in [5.41, 5.74) is 1.65. The number of likely N-dealkylation sites (tertiary alicyclic amines) is 1. The molecule has 1 aliphatic rings. The fourth-order valence-corrected chi connectivity index (χ4v) is 2.83. The van der Waals surface area contributed by atoms with Crippen LogP contribution in [0, 0.1) is 12.7 Å². The van der Waals surface area contributed by atoms with E-state index in [4.69, 9.17) is 0 Å². The normalized spacial score (nSPS) is 19.1. The number of nitrogens with zero attached hydrogens (tertiary/aromatic N) is 4. The van der Waals surface area contributed by atoms with Gasteiger partial charge in [-0.05, 0) is 32.4 Å². The predicted octanol–water partition coefficient (Wildman–Crippen LogP) is 2.40. The van der Waals surface area contributed by atoms with E-state index in [9.17, 15) is 4.39 Å². The van der Waals surface area contributed by atoms with E-state index in [0.717, 1.165) is 37.4 Å². The Morgan fingerprint density at radius 2 is 2.32 bits per heavy atom. The fourth-order valence-electron chi connectivity index (χ4n) is 2.83. The van der Waals surface area contributed by atoms with Crippen molar-refractivity contribution in [1.29, 1.82) is 0 Å². The van der Waals surface area contributed by atoms with E-state index in [-0.39, 0.29) is 5.82 Å². The number of pyridine rings is 1. The molecule has 2 aromatic rings. The van der Waals surface area contributed by atoms with E-state index in [0.29, 0.717) is 18.2 Å². The molecule has 0 saturated carbocycles. The summed E-state index contributed by atoms with van der Waals surface area (Å²) in [6, 6.07) is 4.02. The van der Waals surface area contributed by atoms with Crippen molar-refractivity contribution in [3.05, 3.63) is 47.9 Å². The average Bonchev–Trinajstić information content (AvgIpc) is 2.50. The molecule has 0 aliphatic carbocycles. The monoisotopic (exact) mass is 301 g/mol. The lowest BCUT2D eigenvalue weighted by Gasteiger charge is -2.33. The van der Waals surface area contributed by atoms with E-state index in [1.54, 1.807) is 18.6 Å². The number of aromatic nitrogens is 3. The molecule has 0 amide bonds. The van der Waals surface area contributed by atoms with Crippen LogP contribution in [0.3, 0.4) is 0 Å². The van der Waals surface area contributed by atoms with E-state index < -0.39 is 0 Å². The quantitative estimate of drug-likeness (QED) is 0.940. The van der Waals surface area contributed by atoms with Crippen molar-refractivity contribution in [2.24, 2.45) is 0 Å². The Morgan fingerprint density at radius 1 is 1.41 bits per heavy atom. The summed E-state index contributed by atoms with van der Waals surface area (Å²) < 4.78 is 13.7. The highest BCUT2D eigenvalue weighted by molar-refractivity contribution is 5.35. The SMILES string of the molecule is Cc1cc(NC2CCCN(Cc3ccncc3F)C2)ncn1. The van der Waals surface area contributed by atoms with Crippen molar-refractivity contribution in [3.8, 4) is 0 Å². The standard InChI is InChI=1S/C16H20FN5/c1-12-7-16(20-11-19-12)21-14-3-2-6-22(10-14)9-13-4-5-18-8-15(13)17/h4-5,7-8,11,14H,2-3,6,9-10H2,1H3,(H,19,20,21). The molecule has 1 atom stereocenters. The molecule has 1 N–H and O–H groups in total. The molecule has 22 heavy (non-hydrogen) atoms. The zero-order valence-corrected chi connectivity index (χ0v) is 12.7. The van der Waals surface area contributed by atoms with E-state index in [1.807, 2.05) is 13.0 Å². The number of halogens is 1. The van der Waals surface area contributed by atoms with E-state index in [2.05, 4.69) is 25.2 Å². The lowest BCUT2D eigenvalue weighted by Crippen LogP contribution is -2.41. The van der Waals surface area contributed by atoms with Crippen LogP contribution in [0.25, 0.3) is 0 Å². The highest BCUT2D eigenvalue weighted by Gasteiger charge is 2.21. The number of hydrogen-bond donors (Lipinski definition) is 1. The minimum atomic E-state index is -0.232. The lowest BCUT2D eigenvalue weighted by atomic mass is 10.0. The molecule has 1 unspecified atom stereocenters. The molecule has 2 aromatic heterocycles. The van der Waals surface area contributed by atoms with Crippen LogP contribution in [0.15, 0.2) is 30.9 Å². The van der Waals surface area contributed by atoms with Crippen LogP contribution in [0.5, 0.6) is 0 Å². The van der Waals surface area contributed by atoms with E-state index >= 15 is 0 Å². The summed E-state index contributed by atoms with van der Waals surface area (Å²) >= 11 is 0. The Labute approximate surface area is 129 Å². The van der Waals surface area contributed by atoms with Gasteiger partial charge in [0.1, 0.15) is 18.0 Å². The smallest absolute Gasteiger partial charge is 0.145 e. The molecule has 3 heterocycles. The van der Waals surface area contributed by atoms with Crippen molar-refractivity contribution in [2.45, 2.75) is 32.4 Å². The number of rotatable bonds is 4. The zero-order valence-electron chi connectivity index (χ0n) is 12.7. The van der Waals surface area contributed by atoms with Crippen LogP contribution >= 0.6 is 0 Å². The van der Waals surface area contributed by atoms with Crippen molar-refractivity contribution in [3.63, 3.8) is 0 Å². The Hall–Kier alpha value is -2.08. The largest absolute Gasteiger partial charge is 0.366 e. The van der Waals surface area contributed by atoms with Crippen LogP contribution < -0.4 is 5.32 Å². The van der Waals surface area contributed by atoms with Gasteiger partial charge in [-0.2, -0.15) is 0 Å². The third kappa shape index (κ3) is 3.76. The molecule has 0 aromatic carbocycles. The van der Waals surface area contributed by atoms with Crippen LogP contribution in [0.1, 0.15) is 24.1 Å². The van der Waals surface area contributed by atoms with E-state index in [1.165, 1.54) is 6.20 Å². The third-order valence-electron chi connectivity index (χ3n) is 3.91. The molecule has 0 radical (unpaired) electrons. The van der Waals surface area contributed by atoms with Gasteiger partial charge in [-0.25, -0.2) is 14.4 Å². The molecular formula is C16H20FN5. The first-order valence-electron chi connectivity index (χ1n) is 7.56. The van der Waals surface area contributed by atoms with Gasteiger partial charge in [0.25, 0.3) is 0 Å². The maximum absolute atomic E-state index is 13.7. The molecule has 5 nitrogen and oxygen atoms in total. The lowest BCUT2D eigenvalue weighted by molar-refractivity contribution is 0.206. The van der Waals surface area contributed by atoms with Gasteiger partial charge < -0.3 is 5.32 Å². The average molecular weight is 301 g/mol. The second-order valence-electron chi connectivity index (χ2n) is 5.73. The van der Waals surface area contributed by atoms with Gasteiger partial charge in [0.15, 0.2) is 0 Å². The first-order chi connectivity index (χ1) is 10.7. The first kappa shape index (κ1) is 14.8. The molecule has 116 valence electrons. The van der Waals surface area contributed by atoms with Gasteiger partial charge in [0, 0.05) is 42.7 Å². The van der Waals surface area contributed by atoms with Gasteiger partial charge in [-0.1, -0.05) is 0 Å². The second kappa shape index (κ2) is 6.79. The van der Waals surface area contributed by atoms with Gasteiger partial charge in [0.2, 0.25) is 0 Å². The predicted molar refractivity (Wildman–Crippen MR) is 82.9 cm³/mol. The second-order valence-corrected chi connectivity index (χ2v) is 5.73. The molecule has 3 rings (SSSR count). The van der Waals surface area contributed by atoms with Crippen LogP contribution in [0.2, 0.25) is 0 Å². The summed E-state index contributed by atoms with van der Waals surface area (Å²) in [6.45, 7) is 4.44. The number of piperidine rings is 1. The Kier molecular flexibility index (Phi) is 4.58. The van der Waals surface area contributed by atoms with Gasteiger partial charge in [-0.15, -0.1) is 0 Å². The highest BCUT2D eigenvalue weighted by Crippen LogP contribution is 2.18. The van der Waals surface area contributed by atoms with Gasteiger partial charge in [-0.3, -0.25) is 9.88 Å². The van der Waals surface area contributed by atoms with Crippen LogP contribution in [-0.4, -0.2) is 39.0 Å². The number of hydrogen-bond acceptors (Lipinski definition) is 5. The summed E-state index contributed by atoms with van der Waals surface area (Å²) in [5, 5.41) is 3.45. The molecule has 0 spiro atoms. The molecule has 0 bridgehead atoms. The topological polar surface area (TPSA) is 53.9 Å².